The van der Waals surface area contributed by atoms with Crippen molar-refractivity contribution in [2.45, 2.75) is 25.4 Å². The van der Waals surface area contributed by atoms with E-state index in [4.69, 9.17) is 16.3 Å². The minimum atomic E-state index is 0.124. The summed E-state index contributed by atoms with van der Waals surface area (Å²) in [6.45, 7) is 0.878. The normalized spacial score (nSPS) is 18.1. The molecule has 0 N–H and O–H groups in total. The molecule has 0 heterocycles. The number of halogens is 2. The highest BCUT2D eigenvalue weighted by Gasteiger charge is 2.20. The molecule has 1 aromatic carbocycles. The molecule has 1 saturated carbocycles. The van der Waals surface area contributed by atoms with Crippen LogP contribution in [-0.2, 0) is 4.74 Å². The molecule has 0 amide bonds. The van der Waals surface area contributed by atoms with Gasteiger partial charge in [-0.2, -0.15) is 0 Å². The van der Waals surface area contributed by atoms with Crippen LogP contribution >= 0.6 is 27.5 Å². The van der Waals surface area contributed by atoms with Crippen molar-refractivity contribution in [1.29, 1.82) is 0 Å². The summed E-state index contributed by atoms with van der Waals surface area (Å²) in [6.07, 6.45) is 4.14. The van der Waals surface area contributed by atoms with Gasteiger partial charge in [0.15, 0.2) is 0 Å². The molecule has 16 heavy (non-hydrogen) atoms. The molecule has 1 unspecified atom stereocenters. The zero-order valence-electron chi connectivity index (χ0n) is 9.16. The molecule has 1 atom stereocenters. The Morgan fingerprint density at radius 1 is 1.44 bits per heavy atom. The number of hydrogen-bond acceptors (Lipinski definition) is 1. The van der Waals surface area contributed by atoms with Gasteiger partial charge in [-0.1, -0.05) is 46.1 Å². The lowest BCUT2D eigenvalue weighted by Crippen LogP contribution is -2.19. The maximum Gasteiger partial charge on any atom is 0.0922 e. The topological polar surface area (TPSA) is 9.23 Å². The van der Waals surface area contributed by atoms with Crippen molar-refractivity contribution in [3.05, 3.63) is 34.9 Å². The molecule has 0 bridgehead atoms. The molecule has 88 valence electrons. The van der Waals surface area contributed by atoms with E-state index >= 15 is 0 Å². The van der Waals surface area contributed by atoms with E-state index in [0.29, 0.717) is 0 Å². The van der Waals surface area contributed by atoms with Gasteiger partial charge in [0.1, 0.15) is 0 Å². The summed E-state index contributed by atoms with van der Waals surface area (Å²) in [7, 11) is 0. The van der Waals surface area contributed by atoms with E-state index in [1.165, 1.54) is 19.3 Å². The Balaban J connectivity index is 1.92. The molecular weight excluding hydrogens is 287 g/mol. The van der Waals surface area contributed by atoms with Crippen molar-refractivity contribution < 1.29 is 4.74 Å². The van der Waals surface area contributed by atoms with Crippen molar-refractivity contribution in [1.82, 2.24) is 0 Å². The van der Waals surface area contributed by atoms with Gasteiger partial charge in [-0.05, 0) is 36.5 Å². The summed E-state index contributed by atoms with van der Waals surface area (Å²) < 4.78 is 5.93. The molecule has 1 fully saturated rings. The predicted octanol–water partition coefficient (Wildman–Crippen LogP) is 4.59. The Kier molecular flexibility index (Phi) is 4.68. The standard InChI is InChI=1S/C13H16BrClO/c14-8-13(16-9-10-3-1-4-10)11-5-2-6-12(15)7-11/h2,5-7,10,13H,1,3-4,8-9H2. The highest BCUT2D eigenvalue weighted by atomic mass is 79.9. The number of hydrogen-bond donors (Lipinski definition) is 0. The first-order valence-corrected chi connectivity index (χ1v) is 7.22. The number of rotatable bonds is 5. The third kappa shape index (κ3) is 3.22. The second-order valence-electron chi connectivity index (χ2n) is 4.33. The highest BCUT2D eigenvalue weighted by molar-refractivity contribution is 9.09. The zero-order chi connectivity index (χ0) is 11.4. The van der Waals surface area contributed by atoms with Crippen LogP contribution in [0.5, 0.6) is 0 Å². The first-order valence-electron chi connectivity index (χ1n) is 5.72. The number of ether oxygens (including phenoxy) is 1. The quantitative estimate of drug-likeness (QED) is 0.723. The lowest BCUT2D eigenvalue weighted by atomic mass is 9.86. The lowest BCUT2D eigenvalue weighted by Gasteiger charge is -2.27. The van der Waals surface area contributed by atoms with Gasteiger partial charge >= 0.3 is 0 Å². The maximum atomic E-state index is 5.98. The van der Waals surface area contributed by atoms with Gasteiger partial charge in [-0.15, -0.1) is 0 Å². The summed E-state index contributed by atoms with van der Waals surface area (Å²) in [4.78, 5) is 0. The largest absolute Gasteiger partial charge is 0.372 e. The first-order chi connectivity index (χ1) is 7.79. The van der Waals surface area contributed by atoms with Crippen molar-refractivity contribution in [2.24, 2.45) is 5.92 Å². The average molecular weight is 304 g/mol. The fourth-order valence-corrected chi connectivity index (χ4v) is 2.61. The third-order valence-corrected chi connectivity index (χ3v) is 3.94. The van der Waals surface area contributed by atoms with Crippen molar-refractivity contribution in [3.63, 3.8) is 0 Å². The van der Waals surface area contributed by atoms with E-state index in [-0.39, 0.29) is 6.10 Å². The van der Waals surface area contributed by atoms with Crippen LogP contribution in [0.1, 0.15) is 30.9 Å². The van der Waals surface area contributed by atoms with Crippen LogP contribution in [0.25, 0.3) is 0 Å². The SMILES string of the molecule is Clc1cccc(C(CBr)OCC2CCC2)c1. The molecule has 0 saturated heterocycles. The fourth-order valence-electron chi connectivity index (χ4n) is 1.85. The van der Waals surface area contributed by atoms with Gasteiger partial charge in [0.05, 0.1) is 12.7 Å². The smallest absolute Gasteiger partial charge is 0.0922 e. The van der Waals surface area contributed by atoms with Crippen LogP contribution in [0.4, 0.5) is 0 Å². The van der Waals surface area contributed by atoms with Crippen LogP contribution in [-0.4, -0.2) is 11.9 Å². The van der Waals surface area contributed by atoms with Gasteiger partial charge in [-0.3, -0.25) is 0 Å². The Bertz CT molecular complexity index is 338. The summed E-state index contributed by atoms with van der Waals surface area (Å²) >= 11 is 9.48. The fraction of sp³-hybridized carbons (Fsp3) is 0.538. The molecule has 3 heteroatoms. The monoisotopic (exact) mass is 302 g/mol. The molecular formula is C13H16BrClO. The molecule has 0 radical (unpaired) electrons. The highest BCUT2D eigenvalue weighted by Crippen LogP contribution is 2.29. The molecule has 1 aromatic rings. The average Bonchev–Trinajstić information content (AvgIpc) is 2.22. The van der Waals surface area contributed by atoms with Crippen molar-refractivity contribution in [3.8, 4) is 0 Å². The van der Waals surface area contributed by atoms with Crippen LogP contribution in [0, 0.1) is 5.92 Å². The molecule has 1 aliphatic rings. The molecule has 0 aliphatic heterocycles. The Morgan fingerprint density at radius 2 is 2.25 bits per heavy atom. The van der Waals surface area contributed by atoms with E-state index in [0.717, 1.165) is 28.4 Å². The van der Waals surface area contributed by atoms with Gasteiger partial charge in [0.2, 0.25) is 0 Å². The van der Waals surface area contributed by atoms with Crippen molar-refractivity contribution in [2.75, 3.05) is 11.9 Å². The van der Waals surface area contributed by atoms with Crippen LogP contribution in [0.2, 0.25) is 5.02 Å². The summed E-state index contributed by atoms with van der Waals surface area (Å²) in [5, 5.41) is 1.59. The third-order valence-electron chi connectivity index (χ3n) is 3.12. The van der Waals surface area contributed by atoms with Crippen LogP contribution < -0.4 is 0 Å². The summed E-state index contributed by atoms with van der Waals surface area (Å²) in [5.74, 6) is 0.778. The Hall–Kier alpha value is -0.0500. The maximum absolute atomic E-state index is 5.98. The Labute approximate surface area is 110 Å². The van der Waals surface area contributed by atoms with Gasteiger partial charge in [-0.25, -0.2) is 0 Å². The van der Waals surface area contributed by atoms with E-state index in [1.54, 1.807) is 0 Å². The second-order valence-corrected chi connectivity index (χ2v) is 5.41. The number of benzene rings is 1. The van der Waals surface area contributed by atoms with E-state index < -0.39 is 0 Å². The minimum Gasteiger partial charge on any atom is -0.372 e. The molecule has 0 aromatic heterocycles. The molecule has 1 aliphatic carbocycles. The van der Waals surface area contributed by atoms with Gasteiger partial charge < -0.3 is 4.74 Å². The zero-order valence-corrected chi connectivity index (χ0v) is 11.5. The first kappa shape index (κ1) is 12.4. The Morgan fingerprint density at radius 3 is 2.81 bits per heavy atom. The summed E-state index contributed by atoms with van der Waals surface area (Å²) in [5.41, 5.74) is 1.16. The molecule has 2 rings (SSSR count). The predicted molar refractivity (Wildman–Crippen MR) is 71.3 cm³/mol. The number of alkyl halides is 1. The minimum absolute atomic E-state index is 0.124. The van der Waals surface area contributed by atoms with Crippen molar-refractivity contribution >= 4 is 27.5 Å². The lowest BCUT2D eigenvalue weighted by molar-refractivity contribution is 0.0224. The second kappa shape index (κ2) is 6.04. The van der Waals surface area contributed by atoms with E-state index in [2.05, 4.69) is 22.0 Å². The molecule has 0 spiro atoms. The summed E-state index contributed by atoms with van der Waals surface area (Å²) in [6, 6.07) is 7.91. The van der Waals surface area contributed by atoms with E-state index in [9.17, 15) is 0 Å². The van der Waals surface area contributed by atoms with Gasteiger partial charge in [0, 0.05) is 10.4 Å². The van der Waals surface area contributed by atoms with Crippen LogP contribution in [0.15, 0.2) is 24.3 Å². The van der Waals surface area contributed by atoms with Crippen LogP contribution in [0.3, 0.4) is 0 Å². The van der Waals surface area contributed by atoms with E-state index in [1.807, 2.05) is 18.2 Å². The molecule has 1 nitrogen and oxygen atoms in total. The van der Waals surface area contributed by atoms with Gasteiger partial charge in [0.25, 0.3) is 0 Å².